The molecule has 1 aliphatic rings. The first-order valence-corrected chi connectivity index (χ1v) is 10.4. The summed E-state index contributed by atoms with van der Waals surface area (Å²) in [6.07, 6.45) is 2.02. The maximum atomic E-state index is 13.0. The van der Waals surface area contributed by atoms with Crippen molar-refractivity contribution in [2.24, 2.45) is 0 Å². The third-order valence-electron chi connectivity index (χ3n) is 4.76. The molecule has 1 fully saturated rings. The molecule has 29 heavy (non-hydrogen) atoms. The molecule has 0 N–H and O–H groups in total. The molecule has 0 bridgehead atoms. The third kappa shape index (κ3) is 5.95. The lowest BCUT2D eigenvalue weighted by Crippen LogP contribution is -2.38. The molecule has 1 aliphatic heterocycles. The van der Waals surface area contributed by atoms with Crippen LogP contribution in [0.3, 0.4) is 0 Å². The molecule has 1 atom stereocenters. The van der Waals surface area contributed by atoms with Crippen molar-refractivity contribution in [2.45, 2.75) is 30.4 Å². The summed E-state index contributed by atoms with van der Waals surface area (Å²) in [6, 6.07) is 13.9. The number of nitro groups is 1. The van der Waals surface area contributed by atoms with Crippen LogP contribution in [-0.2, 0) is 16.1 Å². The predicted octanol–water partition coefficient (Wildman–Crippen LogP) is 3.90. The van der Waals surface area contributed by atoms with Crippen molar-refractivity contribution in [1.82, 2.24) is 4.90 Å². The highest BCUT2D eigenvalue weighted by atomic mass is 32.2. The maximum absolute atomic E-state index is 13.0. The molecule has 2 aromatic carbocycles. The van der Waals surface area contributed by atoms with Gasteiger partial charge in [-0.1, -0.05) is 18.2 Å². The Morgan fingerprint density at radius 1 is 1.28 bits per heavy atom. The molecule has 8 heteroatoms. The molecule has 0 aliphatic carbocycles. The van der Waals surface area contributed by atoms with E-state index in [1.54, 1.807) is 19.2 Å². The van der Waals surface area contributed by atoms with Crippen molar-refractivity contribution >= 4 is 23.4 Å². The normalized spacial score (nSPS) is 15.8. The zero-order chi connectivity index (χ0) is 20.6. The van der Waals surface area contributed by atoms with E-state index in [1.807, 2.05) is 29.2 Å². The molecule has 1 heterocycles. The highest BCUT2D eigenvalue weighted by molar-refractivity contribution is 8.00. The van der Waals surface area contributed by atoms with E-state index < -0.39 is 4.92 Å². The first-order chi connectivity index (χ1) is 14.1. The minimum atomic E-state index is -0.434. The summed E-state index contributed by atoms with van der Waals surface area (Å²) in [5.74, 6) is 0.995. The highest BCUT2D eigenvalue weighted by Crippen LogP contribution is 2.24. The topological polar surface area (TPSA) is 81.9 Å². The Morgan fingerprint density at radius 2 is 2.03 bits per heavy atom. The fraction of sp³-hybridized carbons (Fsp3) is 0.381. The molecule has 0 saturated carbocycles. The second-order valence-electron chi connectivity index (χ2n) is 6.76. The van der Waals surface area contributed by atoms with Gasteiger partial charge in [-0.2, -0.15) is 0 Å². The van der Waals surface area contributed by atoms with Gasteiger partial charge in [0, 0.05) is 42.3 Å². The van der Waals surface area contributed by atoms with E-state index in [4.69, 9.17) is 9.47 Å². The number of carbonyl (C=O) groups is 1. The van der Waals surface area contributed by atoms with Crippen molar-refractivity contribution in [2.75, 3.05) is 26.0 Å². The fourth-order valence-electron chi connectivity index (χ4n) is 3.23. The summed E-state index contributed by atoms with van der Waals surface area (Å²) >= 11 is 1.37. The van der Waals surface area contributed by atoms with Gasteiger partial charge >= 0.3 is 0 Å². The number of rotatable bonds is 9. The predicted molar refractivity (Wildman–Crippen MR) is 111 cm³/mol. The van der Waals surface area contributed by atoms with Crippen molar-refractivity contribution in [1.29, 1.82) is 0 Å². The van der Waals surface area contributed by atoms with Crippen LogP contribution in [0.1, 0.15) is 18.4 Å². The van der Waals surface area contributed by atoms with E-state index in [9.17, 15) is 14.9 Å². The Labute approximate surface area is 174 Å². The molecular formula is C21H24N2O5S. The average Bonchev–Trinajstić information content (AvgIpc) is 3.25. The first-order valence-electron chi connectivity index (χ1n) is 9.45. The molecule has 2 aromatic rings. The Hall–Kier alpha value is -2.58. The van der Waals surface area contributed by atoms with Gasteiger partial charge in [-0.05, 0) is 31.0 Å². The summed E-state index contributed by atoms with van der Waals surface area (Å²) in [5.41, 5.74) is 0.985. The molecule has 3 rings (SSSR count). The Kier molecular flexibility index (Phi) is 7.48. The lowest BCUT2D eigenvalue weighted by atomic mass is 10.1. The van der Waals surface area contributed by atoms with Gasteiger partial charge in [0.1, 0.15) is 5.75 Å². The van der Waals surface area contributed by atoms with Crippen LogP contribution in [0.15, 0.2) is 53.4 Å². The fourth-order valence-corrected chi connectivity index (χ4v) is 4.03. The zero-order valence-corrected chi connectivity index (χ0v) is 17.1. The van der Waals surface area contributed by atoms with Crippen molar-refractivity contribution < 1.29 is 19.2 Å². The Bertz CT molecular complexity index is 837. The van der Waals surface area contributed by atoms with Gasteiger partial charge in [0.05, 0.1) is 23.9 Å². The van der Waals surface area contributed by atoms with Crippen LogP contribution >= 0.6 is 11.8 Å². The number of hydrogen-bond donors (Lipinski definition) is 0. The van der Waals surface area contributed by atoms with Gasteiger partial charge in [-0.25, -0.2) is 0 Å². The smallest absolute Gasteiger partial charge is 0.269 e. The van der Waals surface area contributed by atoms with Gasteiger partial charge in [0.15, 0.2) is 0 Å². The van der Waals surface area contributed by atoms with Crippen LogP contribution in [0.4, 0.5) is 5.69 Å². The van der Waals surface area contributed by atoms with Crippen molar-refractivity contribution in [3.63, 3.8) is 0 Å². The lowest BCUT2D eigenvalue weighted by Gasteiger charge is -2.26. The Balaban J connectivity index is 1.67. The number of ether oxygens (including phenoxy) is 2. The van der Waals surface area contributed by atoms with Gasteiger partial charge in [0.25, 0.3) is 5.69 Å². The van der Waals surface area contributed by atoms with E-state index in [2.05, 4.69) is 0 Å². The largest absolute Gasteiger partial charge is 0.496 e. The molecule has 154 valence electrons. The lowest BCUT2D eigenvalue weighted by molar-refractivity contribution is -0.384. The Morgan fingerprint density at radius 3 is 2.69 bits per heavy atom. The number of non-ortho nitro benzene ring substituents is 1. The molecule has 0 aromatic heterocycles. The molecule has 1 amide bonds. The number of amides is 1. The van der Waals surface area contributed by atoms with E-state index in [0.29, 0.717) is 13.1 Å². The molecule has 0 spiro atoms. The van der Waals surface area contributed by atoms with Crippen molar-refractivity contribution in [3.05, 3.63) is 64.2 Å². The second kappa shape index (κ2) is 10.3. The molecule has 0 radical (unpaired) electrons. The SMILES string of the molecule is COc1ccccc1CN(CC1CCCO1)C(=O)CSc1ccc([N+](=O)[O-])cc1. The van der Waals surface area contributed by atoms with Crippen LogP contribution < -0.4 is 4.74 Å². The molecule has 1 saturated heterocycles. The van der Waals surface area contributed by atoms with Gasteiger partial charge in [-0.15, -0.1) is 11.8 Å². The number of hydrogen-bond acceptors (Lipinski definition) is 6. The minimum Gasteiger partial charge on any atom is -0.496 e. The standard InChI is InChI=1S/C21H24N2O5S/c1-27-20-7-3-2-5-16(20)13-22(14-18-6-4-12-28-18)21(24)15-29-19-10-8-17(9-11-19)23(25)26/h2-3,5,7-11,18H,4,6,12-15H2,1H3. The zero-order valence-electron chi connectivity index (χ0n) is 16.3. The van der Waals surface area contributed by atoms with E-state index in [-0.39, 0.29) is 23.5 Å². The first kappa shape index (κ1) is 21.1. The second-order valence-corrected chi connectivity index (χ2v) is 7.81. The maximum Gasteiger partial charge on any atom is 0.269 e. The summed E-state index contributed by atoms with van der Waals surface area (Å²) in [7, 11) is 1.62. The number of thioether (sulfide) groups is 1. The number of nitrogens with zero attached hydrogens (tertiary/aromatic N) is 2. The molecular weight excluding hydrogens is 392 g/mol. The number of methoxy groups -OCH3 is 1. The highest BCUT2D eigenvalue weighted by Gasteiger charge is 2.23. The number of nitro benzene ring substituents is 1. The molecule has 1 unspecified atom stereocenters. The summed E-state index contributed by atoms with van der Waals surface area (Å²) in [4.78, 5) is 26.0. The third-order valence-corrected chi connectivity index (χ3v) is 5.76. The minimum absolute atomic E-state index is 0.00485. The summed E-state index contributed by atoms with van der Waals surface area (Å²) in [6.45, 7) is 1.72. The van der Waals surface area contributed by atoms with Gasteiger partial charge in [-0.3, -0.25) is 14.9 Å². The number of benzene rings is 2. The summed E-state index contributed by atoms with van der Waals surface area (Å²) in [5, 5.41) is 10.8. The van der Waals surface area contributed by atoms with Crippen LogP contribution in [0.2, 0.25) is 0 Å². The van der Waals surface area contributed by atoms with Gasteiger partial charge in [0.2, 0.25) is 5.91 Å². The van der Waals surface area contributed by atoms with Gasteiger partial charge < -0.3 is 14.4 Å². The van der Waals surface area contributed by atoms with E-state index in [1.165, 1.54) is 23.9 Å². The van der Waals surface area contributed by atoms with Crippen LogP contribution in [0.5, 0.6) is 5.75 Å². The summed E-state index contributed by atoms with van der Waals surface area (Å²) < 4.78 is 11.2. The number of carbonyl (C=O) groups excluding carboxylic acids is 1. The average molecular weight is 416 g/mol. The van der Waals surface area contributed by atoms with E-state index in [0.717, 1.165) is 35.7 Å². The van der Waals surface area contributed by atoms with E-state index >= 15 is 0 Å². The molecule has 7 nitrogen and oxygen atoms in total. The van der Waals surface area contributed by atoms with Crippen LogP contribution in [-0.4, -0.2) is 47.8 Å². The van der Waals surface area contributed by atoms with Crippen LogP contribution in [0.25, 0.3) is 0 Å². The monoisotopic (exact) mass is 416 g/mol. The quantitative estimate of drug-likeness (QED) is 0.350. The van der Waals surface area contributed by atoms with Crippen LogP contribution in [0, 0.1) is 10.1 Å². The van der Waals surface area contributed by atoms with Crippen molar-refractivity contribution in [3.8, 4) is 5.75 Å². The number of para-hydroxylation sites is 1.